The van der Waals surface area contributed by atoms with Crippen LogP contribution in [0.5, 0.6) is 0 Å². The van der Waals surface area contributed by atoms with Crippen LogP contribution in [0.15, 0.2) is 0 Å². The van der Waals surface area contributed by atoms with Crippen molar-refractivity contribution in [1.82, 2.24) is 0 Å². The summed E-state index contributed by atoms with van der Waals surface area (Å²) in [5, 5.41) is 10.5. The Balaban J connectivity index is 5.15. The normalized spacial score (nSPS) is 15.0. The zero-order valence-corrected chi connectivity index (χ0v) is 55.4. The van der Waals surface area contributed by atoms with Crippen molar-refractivity contribution in [2.24, 2.45) is 17.8 Å². The number of carbonyl (C=O) groups is 4. The van der Waals surface area contributed by atoms with Gasteiger partial charge in [-0.05, 0) is 43.4 Å². The molecule has 0 radical (unpaired) electrons. The number of esters is 4. The van der Waals surface area contributed by atoms with Gasteiger partial charge in [-0.15, -0.1) is 0 Å². The Bertz CT molecular complexity index is 1650. The molecule has 3 N–H and O–H groups in total. The summed E-state index contributed by atoms with van der Waals surface area (Å²) in [6.45, 7) is 11.7. The minimum atomic E-state index is -4.94. The Labute approximate surface area is 505 Å². The maximum Gasteiger partial charge on any atom is 0.472 e. The van der Waals surface area contributed by atoms with E-state index >= 15 is 0 Å². The van der Waals surface area contributed by atoms with Crippen LogP contribution in [0.25, 0.3) is 0 Å². The first-order valence-electron chi connectivity index (χ1n) is 33.4. The molecule has 0 aliphatic rings. The highest BCUT2D eigenvalue weighted by Crippen LogP contribution is 2.45. The van der Waals surface area contributed by atoms with Gasteiger partial charge in [0.05, 0.1) is 26.4 Å². The fourth-order valence-corrected chi connectivity index (χ4v) is 11.0. The smallest absolute Gasteiger partial charge is 0.462 e. The lowest BCUT2D eigenvalue weighted by atomic mass is 9.99. The van der Waals surface area contributed by atoms with Crippen LogP contribution in [0.1, 0.15) is 312 Å². The zero-order chi connectivity index (χ0) is 61.7. The molecule has 0 amide bonds. The van der Waals surface area contributed by atoms with Gasteiger partial charge in [0.25, 0.3) is 0 Å². The minimum Gasteiger partial charge on any atom is -0.462 e. The van der Waals surface area contributed by atoms with Gasteiger partial charge < -0.3 is 33.8 Å². The van der Waals surface area contributed by atoms with E-state index in [9.17, 15) is 43.2 Å². The lowest BCUT2D eigenvalue weighted by molar-refractivity contribution is -0.161. The highest BCUT2D eigenvalue weighted by atomic mass is 31.2. The van der Waals surface area contributed by atoms with Crippen molar-refractivity contribution >= 4 is 39.5 Å². The molecular formula is C64H124O17P2. The number of aliphatic hydroxyl groups excluding tert-OH is 1. The van der Waals surface area contributed by atoms with Crippen molar-refractivity contribution in [1.29, 1.82) is 0 Å². The minimum absolute atomic E-state index is 0.102. The average molecular weight is 1230 g/mol. The topological polar surface area (TPSA) is 237 Å². The summed E-state index contributed by atoms with van der Waals surface area (Å²) in [5.74, 6) is 0.122. The second-order valence-corrected chi connectivity index (χ2v) is 27.0. The lowest BCUT2D eigenvalue weighted by Crippen LogP contribution is -2.30. The van der Waals surface area contributed by atoms with Gasteiger partial charge in [-0.3, -0.25) is 37.3 Å². The molecule has 0 spiro atoms. The van der Waals surface area contributed by atoms with Crippen molar-refractivity contribution < 1.29 is 80.2 Å². The van der Waals surface area contributed by atoms with E-state index in [1.54, 1.807) is 0 Å². The van der Waals surface area contributed by atoms with Gasteiger partial charge in [0, 0.05) is 25.7 Å². The molecule has 0 heterocycles. The third kappa shape index (κ3) is 56.3. The summed E-state index contributed by atoms with van der Waals surface area (Å²) in [6, 6.07) is 0. The second kappa shape index (κ2) is 55.4. The predicted octanol–water partition coefficient (Wildman–Crippen LogP) is 17.5. The van der Waals surface area contributed by atoms with Gasteiger partial charge >= 0.3 is 39.5 Å². The molecule has 4 unspecified atom stereocenters. The monoisotopic (exact) mass is 1230 g/mol. The van der Waals surface area contributed by atoms with Crippen LogP contribution in [0, 0.1) is 17.8 Å². The van der Waals surface area contributed by atoms with Crippen LogP contribution < -0.4 is 0 Å². The molecule has 0 saturated heterocycles. The first-order chi connectivity index (χ1) is 39.8. The van der Waals surface area contributed by atoms with E-state index in [1.165, 1.54) is 109 Å². The maximum absolute atomic E-state index is 13.0. The van der Waals surface area contributed by atoms with Gasteiger partial charge in [-0.1, -0.05) is 260 Å². The molecule has 0 bridgehead atoms. The summed E-state index contributed by atoms with van der Waals surface area (Å²) < 4.78 is 67.8. The molecule has 17 nitrogen and oxygen atoms in total. The molecule has 0 aliphatic heterocycles. The van der Waals surface area contributed by atoms with E-state index in [2.05, 4.69) is 48.5 Å². The fourth-order valence-electron chi connectivity index (χ4n) is 9.42. The van der Waals surface area contributed by atoms with E-state index in [-0.39, 0.29) is 25.7 Å². The lowest BCUT2D eigenvalue weighted by Gasteiger charge is -2.21. The molecule has 492 valence electrons. The van der Waals surface area contributed by atoms with E-state index in [0.717, 1.165) is 115 Å². The van der Waals surface area contributed by atoms with Crippen molar-refractivity contribution in [3.63, 3.8) is 0 Å². The Kier molecular flexibility index (Phi) is 54.1. The number of rotatable bonds is 62. The Morgan fingerprint density at radius 2 is 0.614 bits per heavy atom. The van der Waals surface area contributed by atoms with Crippen molar-refractivity contribution in [3.8, 4) is 0 Å². The van der Waals surface area contributed by atoms with Gasteiger partial charge in [0.1, 0.15) is 19.3 Å². The number of aliphatic hydroxyl groups is 1. The predicted molar refractivity (Wildman–Crippen MR) is 331 cm³/mol. The standard InChI is InChI=1S/C64H124O17P2/c1-8-11-12-28-38-45-61(66)74-51-59(81-64(69)48-41-34-27-26-31-37-44-57(7)10-3)53-78-82(70,71)76-49-58(65)50-77-83(72,73)79-54-60(52-75-62(67)46-39-32-25-21-22-29-35-42-55(4)5)80-63(68)47-40-33-24-20-18-16-14-13-15-17-19-23-30-36-43-56(6)9-2/h55-60,65H,8-54H2,1-7H3,(H,70,71)(H,72,73)/t56?,57?,58-,59+,60+/m0/s1. The Hall–Kier alpha value is -1.94. The van der Waals surface area contributed by atoms with Crippen LogP contribution in [-0.4, -0.2) is 96.7 Å². The number of ether oxygens (including phenoxy) is 4. The largest absolute Gasteiger partial charge is 0.472 e. The van der Waals surface area contributed by atoms with Gasteiger partial charge in [0.2, 0.25) is 0 Å². The van der Waals surface area contributed by atoms with Crippen molar-refractivity contribution in [3.05, 3.63) is 0 Å². The van der Waals surface area contributed by atoms with E-state index < -0.39 is 97.5 Å². The molecule has 7 atom stereocenters. The van der Waals surface area contributed by atoms with Crippen molar-refractivity contribution in [2.75, 3.05) is 39.6 Å². The number of phosphoric ester groups is 2. The number of unbranched alkanes of at least 4 members (excludes halogenated alkanes) is 28. The summed E-state index contributed by atoms with van der Waals surface area (Å²) >= 11 is 0. The third-order valence-electron chi connectivity index (χ3n) is 15.4. The highest BCUT2D eigenvalue weighted by Gasteiger charge is 2.30. The van der Waals surface area contributed by atoms with Crippen LogP contribution in [-0.2, 0) is 65.4 Å². The zero-order valence-electron chi connectivity index (χ0n) is 53.6. The maximum atomic E-state index is 13.0. The molecular weight excluding hydrogens is 1100 g/mol. The van der Waals surface area contributed by atoms with E-state index in [4.69, 9.17) is 37.0 Å². The number of hydrogen-bond donors (Lipinski definition) is 3. The molecule has 0 aliphatic carbocycles. The molecule has 0 saturated carbocycles. The second-order valence-electron chi connectivity index (χ2n) is 24.1. The van der Waals surface area contributed by atoms with Crippen LogP contribution in [0.2, 0.25) is 0 Å². The molecule has 0 rings (SSSR count). The Morgan fingerprint density at radius 1 is 0.349 bits per heavy atom. The Morgan fingerprint density at radius 3 is 0.916 bits per heavy atom. The SMILES string of the molecule is CCCCCCCC(=O)OC[C@H](COP(=O)(O)OC[C@H](O)COP(=O)(O)OC[C@@H](COC(=O)CCCCCCCCCC(C)C)OC(=O)CCCCCCCCCCCCCCCCC(C)CC)OC(=O)CCCCCCCCC(C)CC. The molecule has 0 aromatic carbocycles. The summed E-state index contributed by atoms with van der Waals surface area (Å²) in [7, 11) is -9.88. The van der Waals surface area contributed by atoms with Gasteiger partial charge in [0.15, 0.2) is 12.2 Å². The molecule has 0 aromatic rings. The number of phosphoric acid groups is 2. The van der Waals surface area contributed by atoms with Gasteiger partial charge in [-0.25, -0.2) is 9.13 Å². The fraction of sp³-hybridized carbons (Fsp3) is 0.938. The molecule has 0 fully saturated rings. The van der Waals surface area contributed by atoms with Crippen LogP contribution in [0.4, 0.5) is 0 Å². The number of carbonyl (C=O) groups excluding carboxylic acids is 4. The molecule has 19 heteroatoms. The average Bonchev–Trinajstić information content (AvgIpc) is 3.46. The quantitative estimate of drug-likeness (QED) is 0.0222. The summed E-state index contributed by atoms with van der Waals surface area (Å²) in [4.78, 5) is 71.9. The van der Waals surface area contributed by atoms with E-state index in [0.29, 0.717) is 31.6 Å². The summed E-state index contributed by atoms with van der Waals surface area (Å²) in [5.41, 5.74) is 0. The third-order valence-corrected chi connectivity index (χ3v) is 17.3. The van der Waals surface area contributed by atoms with Crippen LogP contribution in [0.3, 0.4) is 0 Å². The summed E-state index contributed by atoms with van der Waals surface area (Å²) in [6.07, 6.45) is 36.7. The van der Waals surface area contributed by atoms with Gasteiger partial charge in [-0.2, -0.15) is 0 Å². The number of hydrogen-bond acceptors (Lipinski definition) is 15. The van der Waals surface area contributed by atoms with Crippen molar-refractivity contribution in [2.45, 2.75) is 330 Å². The van der Waals surface area contributed by atoms with E-state index in [1.807, 2.05) is 0 Å². The van der Waals surface area contributed by atoms with Crippen LogP contribution >= 0.6 is 15.6 Å². The first-order valence-corrected chi connectivity index (χ1v) is 36.4. The molecule has 83 heavy (non-hydrogen) atoms. The molecule has 0 aromatic heterocycles. The highest BCUT2D eigenvalue weighted by molar-refractivity contribution is 7.47. The first kappa shape index (κ1) is 81.1.